The van der Waals surface area contributed by atoms with E-state index in [4.69, 9.17) is 9.47 Å². The molecule has 0 fully saturated rings. The van der Waals surface area contributed by atoms with Crippen molar-refractivity contribution in [1.82, 2.24) is 5.32 Å². The smallest absolute Gasteiger partial charge is 0.176 e. The van der Waals surface area contributed by atoms with Gasteiger partial charge in [0.05, 0.1) is 6.04 Å². The second kappa shape index (κ2) is 7.01. The molecule has 0 aliphatic rings. The Bertz CT molecular complexity index is 506. The van der Waals surface area contributed by atoms with Crippen molar-refractivity contribution in [3.63, 3.8) is 0 Å². The number of nitrogens with one attached hydrogen (secondary N) is 1. The predicted molar refractivity (Wildman–Crippen MR) is 80.7 cm³/mol. The lowest BCUT2D eigenvalue weighted by Crippen LogP contribution is -2.34. The van der Waals surface area contributed by atoms with Crippen molar-refractivity contribution < 1.29 is 9.47 Å². The van der Waals surface area contributed by atoms with Gasteiger partial charge in [-0.05, 0) is 43.3 Å². The number of rotatable bonds is 7. The topological polar surface area (TPSA) is 30.5 Å². The van der Waals surface area contributed by atoms with Gasteiger partial charge in [0.25, 0.3) is 0 Å². The average Bonchev–Trinajstić information content (AvgIpc) is 2.89. The van der Waals surface area contributed by atoms with Crippen molar-refractivity contribution >= 4 is 21.4 Å². The van der Waals surface area contributed by atoms with Crippen molar-refractivity contribution in [1.29, 1.82) is 0 Å². The van der Waals surface area contributed by atoms with Gasteiger partial charge in [0, 0.05) is 17.9 Å². The first-order valence-corrected chi connectivity index (χ1v) is 7.56. The molecule has 1 aromatic heterocycles. The fourth-order valence-electron chi connectivity index (χ4n) is 2.27. The van der Waals surface area contributed by atoms with E-state index in [-0.39, 0.29) is 12.3 Å². The summed E-state index contributed by atoms with van der Waals surface area (Å²) in [5.74, 6) is 0. The number of benzene rings is 1. The van der Waals surface area contributed by atoms with Crippen LogP contribution in [0.5, 0.6) is 0 Å². The van der Waals surface area contributed by atoms with E-state index in [2.05, 4.69) is 35.0 Å². The molecule has 3 nitrogen and oxygen atoms in total. The molecule has 1 N–H and O–H groups in total. The molecule has 0 bridgehead atoms. The van der Waals surface area contributed by atoms with E-state index in [1.807, 2.05) is 20.9 Å². The third kappa shape index (κ3) is 3.15. The zero-order valence-corrected chi connectivity index (χ0v) is 12.5. The van der Waals surface area contributed by atoms with Gasteiger partial charge in [-0.2, -0.15) is 0 Å². The van der Waals surface area contributed by atoms with Crippen molar-refractivity contribution in [3.8, 4) is 0 Å². The Hall–Kier alpha value is -0.940. The third-order valence-electron chi connectivity index (χ3n) is 3.09. The lowest BCUT2D eigenvalue weighted by Gasteiger charge is -2.27. The molecule has 19 heavy (non-hydrogen) atoms. The molecule has 104 valence electrons. The molecule has 1 atom stereocenters. The summed E-state index contributed by atoms with van der Waals surface area (Å²) >= 11 is 1.76. The average molecular weight is 279 g/mol. The van der Waals surface area contributed by atoms with E-state index in [9.17, 15) is 0 Å². The second-order valence-corrected chi connectivity index (χ2v) is 5.15. The molecular weight excluding hydrogens is 258 g/mol. The normalized spacial score (nSPS) is 13.3. The molecular formula is C15H21NO2S. The van der Waals surface area contributed by atoms with Crippen molar-refractivity contribution in [2.45, 2.75) is 26.2 Å². The van der Waals surface area contributed by atoms with Crippen LogP contribution in [0, 0.1) is 0 Å². The predicted octanol–water partition coefficient (Wildman–Crippen LogP) is 3.56. The first-order valence-electron chi connectivity index (χ1n) is 6.68. The number of fused-ring (bicyclic) bond motifs is 1. The number of ether oxygens (including phenoxy) is 2. The van der Waals surface area contributed by atoms with Gasteiger partial charge in [-0.3, -0.25) is 0 Å². The fraction of sp³-hybridized carbons (Fsp3) is 0.467. The van der Waals surface area contributed by atoms with E-state index in [1.54, 1.807) is 11.3 Å². The molecule has 0 saturated carbocycles. The minimum Gasteiger partial charge on any atom is -0.351 e. The van der Waals surface area contributed by atoms with Gasteiger partial charge in [-0.25, -0.2) is 0 Å². The molecule has 1 heterocycles. The van der Waals surface area contributed by atoms with Crippen LogP contribution in [-0.2, 0) is 9.47 Å². The minimum absolute atomic E-state index is 0.0437. The molecule has 0 aliphatic carbocycles. The van der Waals surface area contributed by atoms with E-state index in [0.717, 1.165) is 0 Å². The third-order valence-corrected chi connectivity index (χ3v) is 4.07. The Labute approximate surface area is 118 Å². The molecule has 0 radical (unpaired) electrons. The highest BCUT2D eigenvalue weighted by Crippen LogP contribution is 2.31. The molecule has 2 rings (SSSR count). The lowest BCUT2D eigenvalue weighted by atomic mass is 10.0. The van der Waals surface area contributed by atoms with Crippen LogP contribution in [0.4, 0.5) is 0 Å². The van der Waals surface area contributed by atoms with E-state index >= 15 is 0 Å². The number of hydrogen-bond donors (Lipinski definition) is 1. The van der Waals surface area contributed by atoms with Crippen molar-refractivity contribution in [2.75, 3.05) is 20.3 Å². The highest BCUT2D eigenvalue weighted by Gasteiger charge is 2.24. The summed E-state index contributed by atoms with van der Waals surface area (Å²) in [6.45, 7) is 5.27. The highest BCUT2D eigenvalue weighted by molar-refractivity contribution is 7.17. The van der Waals surface area contributed by atoms with Crippen LogP contribution < -0.4 is 5.32 Å². The van der Waals surface area contributed by atoms with Crippen LogP contribution in [-0.4, -0.2) is 26.6 Å². The van der Waals surface area contributed by atoms with Gasteiger partial charge in [0.2, 0.25) is 0 Å². The standard InChI is InChI=1S/C15H21NO2S/c1-4-17-15(18-5-2)13(16-3)12-8-6-7-11-9-10-19-14(11)12/h6-10,13,15-16H,4-5H2,1-3H3. The van der Waals surface area contributed by atoms with Crippen LogP contribution in [0.25, 0.3) is 10.1 Å². The maximum atomic E-state index is 5.74. The second-order valence-electron chi connectivity index (χ2n) is 4.23. The summed E-state index contributed by atoms with van der Waals surface area (Å²) in [6, 6.07) is 8.56. The highest BCUT2D eigenvalue weighted by atomic mass is 32.1. The molecule has 1 aromatic carbocycles. The van der Waals surface area contributed by atoms with Gasteiger partial charge in [0.1, 0.15) is 0 Å². The molecule has 0 aliphatic heterocycles. The summed E-state index contributed by atoms with van der Waals surface area (Å²) in [5.41, 5.74) is 1.24. The zero-order chi connectivity index (χ0) is 13.7. The molecule has 2 aromatic rings. The maximum Gasteiger partial charge on any atom is 0.176 e. The number of hydrogen-bond acceptors (Lipinski definition) is 4. The number of likely N-dealkylation sites (N-methyl/N-ethyl adjacent to an activating group) is 1. The van der Waals surface area contributed by atoms with E-state index < -0.39 is 0 Å². The Balaban J connectivity index is 2.36. The van der Waals surface area contributed by atoms with Crippen LogP contribution in [0.1, 0.15) is 25.5 Å². The van der Waals surface area contributed by atoms with Gasteiger partial charge < -0.3 is 14.8 Å². The van der Waals surface area contributed by atoms with Gasteiger partial charge in [-0.1, -0.05) is 18.2 Å². The monoisotopic (exact) mass is 279 g/mol. The molecule has 0 saturated heterocycles. The SMILES string of the molecule is CCOC(OCC)C(NC)c1cccc2ccsc12. The van der Waals surface area contributed by atoms with Gasteiger partial charge in [-0.15, -0.1) is 11.3 Å². The molecule has 0 amide bonds. The van der Waals surface area contributed by atoms with Crippen molar-refractivity contribution in [2.24, 2.45) is 0 Å². The summed E-state index contributed by atoms with van der Waals surface area (Å²) in [4.78, 5) is 0. The van der Waals surface area contributed by atoms with Crippen LogP contribution in [0.2, 0.25) is 0 Å². The number of thiophene rings is 1. The molecule has 4 heteroatoms. The molecule has 1 unspecified atom stereocenters. The van der Waals surface area contributed by atoms with Crippen molar-refractivity contribution in [3.05, 3.63) is 35.2 Å². The Morgan fingerprint density at radius 2 is 1.89 bits per heavy atom. The summed E-state index contributed by atoms with van der Waals surface area (Å²) < 4.78 is 12.8. The van der Waals surface area contributed by atoms with Crippen LogP contribution in [0.3, 0.4) is 0 Å². The first kappa shape index (κ1) is 14.5. The Morgan fingerprint density at radius 3 is 2.53 bits per heavy atom. The molecule has 0 spiro atoms. The largest absolute Gasteiger partial charge is 0.351 e. The quantitative estimate of drug-likeness (QED) is 0.786. The minimum atomic E-state index is -0.257. The maximum absolute atomic E-state index is 5.74. The fourth-order valence-corrected chi connectivity index (χ4v) is 3.22. The first-order chi connectivity index (χ1) is 9.31. The summed E-state index contributed by atoms with van der Waals surface area (Å²) in [7, 11) is 1.95. The van der Waals surface area contributed by atoms with Gasteiger partial charge >= 0.3 is 0 Å². The van der Waals surface area contributed by atoms with Crippen LogP contribution >= 0.6 is 11.3 Å². The Morgan fingerprint density at radius 1 is 1.16 bits per heavy atom. The van der Waals surface area contributed by atoms with Crippen LogP contribution in [0.15, 0.2) is 29.6 Å². The Kier molecular flexibility index (Phi) is 5.34. The van der Waals surface area contributed by atoms with E-state index in [1.165, 1.54) is 15.6 Å². The van der Waals surface area contributed by atoms with E-state index in [0.29, 0.717) is 13.2 Å². The zero-order valence-electron chi connectivity index (χ0n) is 11.7. The van der Waals surface area contributed by atoms with Gasteiger partial charge in [0.15, 0.2) is 6.29 Å². The summed E-state index contributed by atoms with van der Waals surface area (Å²) in [5, 5.41) is 6.72. The summed E-state index contributed by atoms with van der Waals surface area (Å²) in [6.07, 6.45) is -0.257. The lowest BCUT2D eigenvalue weighted by molar-refractivity contribution is -0.154.